The van der Waals surface area contributed by atoms with E-state index >= 15 is 0 Å². The van der Waals surface area contributed by atoms with Crippen LogP contribution in [0.1, 0.15) is 42.1 Å². The van der Waals surface area contributed by atoms with Crippen molar-refractivity contribution < 1.29 is 0 Å². The van der Waals surface area contributed by atoms with Crippen LogP contribution in [-0.2, 0) is 6.54 Å². The van der Waals surface area contributed by atoms with Gasteiger partial charge in [0, 0.05) is 12.6 Å². The molecule has 1 heterocycles. The summed E-state index contributed by atoms with van der Waals surface area (Å²) in [5.74, 6) is 0. The number of nitrogens with zero attached hydrogens (tertiary/aromatic N) is 2. The van der Waals surface area contributed by atoms with E-state index in [-0.39, 0.29) is 0 Å². The summed E-state index contributed by atoms with van der Waals surface area (Å²) in [6.07, 6.45) is 6.84. The third-order valence-electron chi connectivity index (χ3n) is 2.72. The molecule has 0 aromatic carbocycles. The summed E-state index contributed by atoms with van der Waals surface area (Å²) < 4.78 is 0. The Morgan fingerprint density at radius 3 is 2.71 bits per heavy atom. The quantitative estimate of drug-likeness (QED) is 0.833. The monoisotopic (exact) mass is 211 g/mol. The molecule has 78 valence electrons. The molecule has 0 atom stereocenters. The molecule has 14 heavy (non-hydrogen) atoms. The van der Waals surface area contributed by atoms with Gasteiger partial charge in [-0.15, -0.1) is 21.5 Å². The Labute approximate surface area is 88.9 Å². The fourth-order valence-corrected chi connectivity index (χ4v) is 2.61. The highest BCUT2D eigenvalue weighted by Gasteiger charge is 2.12. The summed E-state index contributed by atoms with van der Waals surface area (Å²) in [6.45, 7) is 2.90. The maximum absolute atomic E-state index is 4.11. The molecule has 0 radical (unpaired) electrons. The average molecular weight is 211 g/mol. The molecule has 1 aromatic heterocycles. The van der Waals surface area contributed by atoms with E-state index in [1.165, 1.54) is 32.1 Å². The molecule has 0 spiro atoms. The van der Waals surface area contributed by atoms with Gasteiger partial charge in [-0.05, 0) is 19.8 Å². The largest absolute Gasteiger partial charge is 0.308 e. The third-order valence-corrected chi connectivity index (χ3v) is 3.55. The lowest BCUT2D eigenvalue weighted by molar-refractivity contribution is 0.372. The zero-order chi connectivity index (χ0) is 9.80. The number of aromatic nitrogens is 2. The van der Waals surface area contributed by atoms with Crippen LogP contribution in [0.25, 0.3) is 0 Å². The van der Waals surface area contributed by atoms with Crippen LogP contribution in [0.4, 0.5) is 0 Å². The van der Waals surface area contributed by atoms with Crippen molar-refractivity contribution in [3.05, 3.63) is 10.0 Å². The van der Waals surface area contributed by atoms with Crippen molar-refractivity contribution in [3.63, 3.8) is 0 Å². The molecule has 0 unspecified atom stereocenters. The Kier molecular flexibility index (Phi) is 3.48. The average Bonchev–Trinajstić information content (AvgIpc) is 2.63. The van der Waals surface area contributed by atoms with Gasteiger partial charge in [0.1, 0.15) is 10.0 Å². The van der Waals surface area contributed by atoms with Crippen molar-refractivity contribution in [1.82, 2.24) is 15.5 Å². The van der Waals surface area contributed by atoms with Crippen LogP contribution < -0.4 is 5.32 Å². The van der Waals surface area contributed by atoms with Crippen molar-refractivity contribution in [3.8, 4) is 0 Å². The van der Waals surface area contributed by atoms with E-state index in [0.29, 0.717) is 6.04 Å². The SMILES string of the molecule is Cc1nnc(CNC2CCCCC2)s1. The number of rotatable bonds is 3. The Hall–Kier alpha value is -0.480. The predicted octanol–water partition coefficient (Wildman–Crippen LogP) is 2.27. The Morgan fingerprint density at radius 1 is 1.29 bits per heavy atom. The number of hydrogen-bond acceptors (Lipinski definition) is 4. The van der Waals surface area contributed by atoms with E-state index in [9.17, 15) is 0 Å². The van der Waals surface area contributed by atoms with Crippen LogP contribution in [0.15, 0.2) is 0 Å². The van der Waals surface area contributed by atoms with Gasteiger partial charge in [0.25, 0.3) is 0 Å². The van der Waals surface area contributed by atoms with E-state index in [4.69, 9.17) is 0 Å². The molecule has 1 aliphatic rings. The molecule has 0 aliphatic heterocycles. The summed E-state index contributed by atoms with van der Waals surface area (Å²) in [7, 11) is 0. The first-order valence-corrected chi connectivity index (χ1v) is 6.18. The first-order valence-electron chi connectivity index (χ1n) is 5.37. The fraction of sp³-hybridized carbons (Fsp3) is 0.800. The molecule has 0 amide bonds. The van der Waals surface area contributed by atoms with Crippen LogP contribution in [0.5, 0.6) is 0 Å². The second kappa shape index (κ2) is 4.84. The predicted molar refractivity (Wildman–Crippen MR) is 58.4 cm³/mol. The molecule has 1 aromatic rings. The maximum atomic E-state index is 4.11. The molecule has 1 N–H and O–H groups in total. The lowest BCUT2D eigenvalue weighted by atomic mass is 9.96. The Balaban J connectivity index is 1.76. The molecule has 1 fully saturated rings. The molecule has 3 nitrogen and oxygen atoms in total. The van der Waals surface area contributed by atoms with Crippen molar-refractivity contribution in [2.45, 2.75) is 51.6 Å². The van der Waals surface area contributed by atoms with Gasteiger partial charge in [0.05, 0.1) is 0 Å². The minimum atomic E-state index is 0.716. The van der Waals surface area contributed by atoms with Crippen LogP contribution in [0, 0.1) is 6.92 Å². The van der Waals surface area contributed by atoms with Gasteiger partial charge >= 0.3 is 0 Å². The maximum Gasteiger partial charge on any atom is 0.131 e. The summed E-state index contributed by atoms with van der Waals surface area (Å²) >= 11 is 1.69. The standard InChI is InChI=1S/C10H17N3S/c1-8-12-13-10(14-8)7-11-9-5-3-2-4-6-9/h9,11H,2-7H2,1H3. The minimum Gasteiger partial charge on any atom is -0.308 e. The van der Waals surface area contributed by atoms with Gasteiger partial charge in [-0.1, -0.05) is 19.3 Å². The highest BCUT2D eigenvalue weighted by Crippen LogP contribution is 2.18. The lowest BCUT2D eigenvalue weighted by Gasteiger charge is -2.22. The van der Waals surface area contributed by atoms with Gasteiger partial charge in [-0.3, -0.25) is 0 Å². The molecule has 2 rings (SSSR count). The first-order chi connectivity index (χ1) is 6.84. The van der Waals surface area contributed by atoms with Crippen LogP contribution in [0.2, 0.25) is 0 Å². The second-order valence-corrected chi connectivity index (χ2v) is 5.20. The minimum absolute atomic E-state index is 0.716. The summed E-state index contributed by atoms with van der Waals surface area (Å²) in [5, 5.41) is 13.9. The number of hydrogen-bond donors (Lipinski definition) is 1. The van der Waals surface area contributed by atoms with Gasteiger partial charge in [0.15, 0.2) is 0 Å². The molecule has 0 bridgehead atoms. The lowest BCUT2D eigenvalue weighted by Crippen LogP contribution is -2.30. The topological polar surface area (TPSA) is 37.8 Å². The molecular formula is C10H17N3S. The highest BCUT2D eigenvalue weighted by atomic mass is 32.1. The van der Waals surface area contributed by atoms with Crippen LogP contribution in [-0.4, -0.2) is 16.2 Å². The Morgan fingerprint density at radius 2 is 2.07 bits per heavy atom. The zero-order valence-corrected chi connectivity index (χ0v) is 9.44. The summed E-state index contributed by atoms with van der Waals surface area (Å²) in [6, 6.07) is 0.716. The van der Waals surface area contributed by atoms with Gasteiger partial charge in [-0.25, -0.2) is 0 Å². The van der Waals surface area contributed by atoms with E-state index in [0.717, 1.165) is 16.6 Å². The summed E-state index contributed by atoms with van der Waals surface area (Å²) in [4.78, 5) is 0. The number of aryl methyl sites for hydroxylation is 1. The number of nitrogens with one attached hydrogen (secondary N) is 1. The second-order valence-electron chi connectivity index (χ2n) is 3.93. The normalized spacial score (nSPS) is 18.6. The van der Waals surface area contributed by atoms with Crippen LogP contribution in [0.3, 0.4) is 0 Å². The zero-order valence-electron chi connectivity index (χ0n) is 8.62. The van der Waals surface area contributed by atoms with E-state index in [1.807, 2.05) is 6.92 Å². The van der Waals surface area contributed by atoms with E-state index in [1.54, 1.807) is 11.3 Å². The van der Waals surface area contributed by atoms with E-state index in [2.05, 4.69) is 15.5 Å². The molecule has 4 heteroatoms. The molecule has 1 aliphatic carbocycles. The fourth-order valence-electron chi connectivity index (χ4n) is 1.95. The van der Waals surface area contributed by atoms with Crippen molar-refractivity contribution >= 4 is 11.3 Å². The highest BCUT2D eigenvalue weighted by molar-refractivity contribution is 7.11. The van der Waals surface area contributed by atoms with Gasteiger partial charge < -0.3 is 5.32 Å². The van der Waals surface area contributed by atoms with E-state index < -0.39 is 0 Å². The molecule has 0 saturated heterocycles. The smallest absolute Gasteiger partial charge is 0.131 e. The van der Waals surface area contributed by atoms with Crippen molar-refractivity contribution in [2.24, 2.45) is 0 Å². The molecule has 1 saturated carbocycles. The van der Waals surface area contributed by atoms with Gasteiger partial charge in [-0.2, -0.15) is 0 Å². The first kappa shape index (κ1) is 10.1. The van der Waals surface area contributed by atoms with Crippen molar-refractivity contribution in [2.75, 3.05) is 0 Å². The van der Waals surface area contributed by atoms with Crippen LogP contribution >= 0.6 is 11.3 Å². The molecular weight excluding hydrogens is 194 g/mol. The summed E-state index contributed by atoms with van der Waals surface area (Å²) in [5.41, 5.74) is 0. The van der Waals surface area contributed by atoms with Crippen molar-refractivity contribution in [1.29, 1.82) is 0 Å². The Bertz CT molecular complexity index is 279. The van der Waals surface area contributed by atoms with Gasteiger partial charge in [0.2, 0.25) is 0 Å². The third kappa shape index (κ3) is 2.75.